The minimum absolute atomic E-state index is 0.163. The lowest BCUT2D eigenvalue weighted by molar-refractivity contribution is 0.373. The Morgan fingerprint density at radius 2 is 2.07 bits per heavy atom. The van der Waals surface area contributed by atoms with Crippen LogP contribution in [0.25, 0.3) is 0 Å². The molecule has 8 nitrogen and oxygen atoms in total. The van der Waals surface area contributed by atoms with Gasteiger partial charge in [0.25, 0.3) is 0 Å². The van der Waals surface area contributed by atoms with Gasteiger partial charge in [-0.05, 0) is 36.6 Å². The summed E-state index contributed by atoms with van der Waals surface area (Å²) >= 11 is 1.76. The molecular weight excluding hydrogens is 396 g/mol. The summed E-state index contributed by atoms with van der Waals surface area (Å²) in [5, 5.41) is 6.70. The Balaban J connectivity index is 1.52. The fourth-order valence-electron chi connectivity index (χ4n) is 2.95. The molecule has 0 bridgehead atoms. The molecule has 0 aromatic carbocycles. The van der Waals surface area contributed by atoms with Crippen LogP contribution in [0.15, 0.2) is 51.9 Å². The van der Waals surface area contributed by atoms with Gasteiger partial charge in [-0.3, -0.25) is 9.98 Å². The van der Waals surface area contributed by atoms with E-state index < -0.39 is 10.0 Å². The highest BCUT2D eigenvalue weighted by molar-refractivity contribution is 7.89. The predicted octanol–water partition coefficient (Wildman–Crippen LogP) is 1.21. The fourth-order valence-corrected chi connectivity index (χ4v) is 4.71. The topological polar surface area (TPSA) is 89.9 Å². The Bertz CT molecular complexity index is 847. The van der Waals surface area contributed by atoms with Crippen molar-refractivity contribution in [3.8, 4) is 0 Å². The van der Waals surface area contributed by atoms with Crippen LogP contribution < -0.4 is 14.9 Å². The quantitative estimate of drug-likeness (QED) is 0.396. The zero-order valence-corrected chi connectivity index (χ0v) is 17.5. The third-order valence-electron chi connectivity index (χ3n) is 4.34. The van der Waals surface area contributed by atoms with Crippen LogP contribution in [0.5, 0.6) is 0 Å². The van der Waals surface area contributed by atoms with Gasteiger partial charge in [-0.15, -0.1) is 11.3 Å². The monoisotopic (exact) mass is 422 g/mol. The number of nitrogens with one attached hydrogen (secondary N) is 2. The normalized spacial score (nSPS) is 15.7. The van der Waals surface area contributed by atoms with E-state index >= 15 is 0 Å². The van der Waals surface area contributed by atoms with Crippen molar-refractivity contribution < 1.29 is 8.42 Å². The number of hydrogen-bond donors (Lipinski definition) is 2. The van der Waals surface area contributed by atoms with Crippen molar-refractivity contribution in [2.24, 2.45) is 4.99 Å². The van der Waals surface area contributed by atoms with Crippen LogP contribution in [-0.4, -0.2) is 70.1 Å². The van der Waals surface area contributed by atoms with Gasteiger partial charge in [0.2, 0.25) is 10.0 Å². The Labute approximate surface area is 170 Å². The molecule has 0 amide bonds. The number of guanidine groups is 1. The molecule has 2 aromatic rings. The molecule has 3 rings (SSSR count). The minimum Gasteiger partial charge on any atom is -0.360 e. The molecule has 28 heavy (non-hydrogen) atoms. The van der Waals surface area contributed by atoms with E-state index in [0.29, 0.717) is 6.54 Å². The highest BCUT2D eigenvalue weighted by Gasteiger charge is 2.20. The molecule has 10 heteroatoms. The number of pyridine rings is 1. The number of aromatic nitrogens is 1. The van der Waals surface area contributed by atoms with Gasteiger partial charge in [0.15, 0.2) is 5.96 Å². The first-order valence-corrected chi connectivity index (χ1v) is 11.7. The number of anilines is 1. The van der Waals surface area contributed by atoms with E-state index in [0.717, 1.165) is 38.7 Å². The maximum atomic E-state index is 12.2. The van der Waals surface area contributed by atoms with Crippen LogP contribution >= 0.6 is 11.3 Å². The molecule has 0 radical (unpaired) electrons. The van der Waals surface area contributed by atoms with E-state index in [9.17, 15) is 8.42 Å². The van der Waals surface area contributed by atoms with Gasteiger partial charge in [-0.25, -0.2) is 13.1 Å². The molecular formula is C18H26N6O2S2. The first-order valence-electron chi connectivity index (χ1n) is 9.31. The number of aliphatic imine (C=N–C) groups is 1. The molecule has 152 valence electrons. The number of rotatable bonds is 7. The van der Waals surface area contributed by atoms with Gasteiger partial charge in [0.05, 0.1) is 11.5 Å². The van der Waals surface area contributed by atoms with Crippen molar-refractivity contribution >= 4 is 32.3 Å². The molecule has 0 saturated carbocycles. The number of nitrogens with zero attached hydrogens (tertiary/aromatic N) is 4. The zero-order valence-electron chi connectivity index (χ0n) is 15.9. The summed E-state index contributed by atoms with van der Waals surface area (Å²) in [6.07, 6.45) is 2.88. The molecule has 1 fully saturated rings. The van der Waals surface area contributed by atoms with Gasteiger partial charge in [-0.2, -0.15) is 0 Å². The summed E-state index contributed by atoms with van der Waals surface area (Å²) in [6, 6.07) is 7.35. The van der Waals surface area contributed by atoms with Crippen molar-refractivity contribution in [3.63, 3.8) is 0 Å². The summed E-state index contributed by atoms with van der Waals surface area (Å²) in [5.41, 5.74) is 0. The SMILES string of the molecule is CCNC(=NCCNS(=O)(=O)c1cccnc1)N1CCN(c2cccs2)CC1. The highest BCUT2D eigenvalue weighted by atomic mass is 32.2. The van der Waals surface area contributed by atoms with Crippen molar-refractivity contribution in [1.29, 1.82) is 0 Å². The maximum absolute atomic E-state index is 12.2. The summed E-state index contributed by atoms with van der Waals surface area (Å²) < 4.78 is 27.0. The van der Waals surface area contributed by atoms with Crippen molar-refractivity contribution in [2.45, 2.75) is 11.8 Å². The van der Waals surface area contributed by atoms with Crippen LogP contribution in [0.4, 0.5) is 5.00 Å². The summed E-state index contributed by atoms with van der Waals surface area (Å²) in [7, 11) is -3.55. The summed E-state index contributed by atoms with van der Waals surface area (Å²) in [6.45, 7) is 7.05. The first-order chi connectivity index (χ1) is 13.6. The van der Waals surface area contributed by atoms with Crippen LogP contribution in [0, 0.1) is 0 Å². The second-order valence-corrected chi connectivity index (χ2v) is 8.94. The van der Waals surface area contributed by atoms with E-state index in [1.807, 2.05) is 6.92 Å². The van der Waals surface area contributed by atoms with E-state index in [1.54, 1.807) is 23.6 Å². The summed E-state index contributed by atoms with van der Waals surface area (Å²) in [4.78, 5) is 13.2. The lowest BCUT2D eigenvalue weighted by atomic mass is 10.3. The molecule has 2 N–H and O–H groups in total. The maximum Gasteiger partial charge on any atom is 0.242 e. The molecule has 1 aliphatic rings. The molecule has 1 saturated heterocycles. The van der Waals surface area contributed by atoms with E-state index in [1.165, 1.54) is 17.3 Å². The van der Waals surface area contributed by atoms with E-state index in [2.05, 4.69) is 47.3 Å². The number of hydrogen-bond acceptors (Lipinski definition) is 6. The third kappa shape index (κ3) is 5.43. The fraction of sp³-hybridized carbons (Fsp3) is 0.444. The third-order valence-corrected chi connectivity index (χ3v) is 6.72. The first kappa shape index (κ1) is 20.6. The van der Waals surface area contributed by atoms with Crippen LogP contribution in [0.1, 0.15) is 6.92 Å². The average Bonchev–Trinajstić information content (AvgIpc) is 3.26. The van der Waals surface area contributed by atoms with Crippen LogP contribution in [0.3, 0.4) is 0 Å². The van der Waals surface area contributed by atoms with Crippen molar-refractivity contribution in [2.75, 3.05) is 50.7 Å². The molecule has 0 aliphatic carbocycles. The number of piperazine rings is 1. The Kier molecular flexibility index (Phi) is 7.24. The predicted molar refractivity (Wildman–Crippen MR) is 114 cm³/mol. The highest BCUT2D eigenvalue weighted by Crippen LogP contribution is 2.22. The molecule has 0 spiro atoms. The van der Waals surface area contributed by atoms with Gasteiger partial charge in [0, 0.05) is 51.7 Å². The Hall–Kier alpha value is -2.17. The van der Waals surface area contributed by atoms with E-state index in [4.69, 9.17) is 0 Å². The van der Waals surface area contributed by atoms with Crippen LogP contribution in [-0.2, 0) is 10.0 Å². The molecule has 0 unspecified atom stereocenters. The largest absolute Gasteiger partial charge is 0.360 e. The van der Waals surface area contributed by atoms with Crippen molar-refractivity contribution in [3.05, 3.63) is 42.0 Å². The van der Waals surface area contributed by atoms with Gasteiger partial charge >= 0.3 is 0 Å². The molecule has 3 heterocycles. The second-order valence-electron chi connectivity index (χ2n) is 6.25. The van der Waals surface area contributed by atoms with E-state index in [-0.39, 0.29) is 11.4 Å². The standard InChI is InChI=1S/C18H26N6O2S2/c1-2-20-18(24-12-10-23(11-13-24)17-6-4-14-27-17)21-8-9-22-28(25,26)16-5-3-7-19-15-16/h3-7,14-15,22H,2,8-13H2,1H3,(H,20,21). The number of thiophene rings is 1. The number of sulfonamides is 1. The van der Waals surface area contributed by atoms with Gasteiger partial charge < -0.3 is 15.1 Å². The Morgan fingerprint density at radius 3 is 2.71 bits per heavy atom. The van der Waals surface area contributed by atoms with Gasteiger partial charge in [-0.1, -0.05) is 0 Å². The zero-order chi connectivity index (χ0) is 19.8. The average molecular weight is 423 g/mol. The summed E-state index contributed by atoms with van der Waals surface area (Å²) in [5.74, 6) is 0.828. The molecule has 0 atom stereocenters. The Morgan fingerprint density at radius 1 is 1.25 bits per heavy atom. The molecule has 1 aliphatic heterocycles. The van der Waals surface area contributed by atoms with Crippen molar-refractivity contribution in [1.82, 2.24) is 19.9 Å². The smallest absolute Gasteiger partial charge is 0.242 e. The van der Waals surface area contributed by atoms with Crippen LogP contribution in [0.2, 0.25) is 0 Å². The lowest BCUT2D eigenvalue weighted by Crippen LogP contribution is -2.52. The minimum atomic E-state index is -3.55. The van der Waals surface area contributed by atoms with Gasteiger partial charge in [0.1, 0.15) is 4.90 Å². The second kappa shape index (κ2) is 9.85. The lowest BCUT2D eigenvalue weighted by Gasteiger charge is -2.37. The molecule has 2 aromatic heterocycles.